The Hall–Kier alpha value is -2.64. The normalized spacial score (nSPS) is 26.5. The summed E-state index contributed by atoms with van der Waals surface area (Å²) in [5, 5.41) is 13.7. The molecule has 1 fully saturated rings. The number of nitrogens with one attached hydrogen (secondary N) is 1. The van der Waals surface area contributed by atoms with Gasteiger partial charge in [-0.3, -0.25) is 13.9 Å². The van der Waals surface area contributed by atoms with Gasteiger partial charge in [-0.05, 0) is 24.5 Å². The monoisotopic (exact) mass is 525 g/mol. The van der Waals surface area contributed by atoms with Gasteiger partial charge in [0.15, 0.2) is 12.3 Å². The lowest BCUT2D eigenvalue weighted by Gasteiger charge is -2.31. The van der Waals surface area contributed by atoms with E-state index in [1.165, 1.54) is 19.2 Å². The SMILES string of the molecule is CC(C)C(N)C(=O)O[C@@H]1[C@@H](COP(=O)(O)NCc2ccccc2)OC(n2ccc(N)nc2=O)[C@]1(C)O. The molecule has 198 valence electrons. The number of rotatable bonds is 10. The predicted molar refractivity (Wildman–Crippen MR) is 129 cm³/mol. The molecule has 36 heavy (non-hydrogen) atoms. The number of benzene rings is 1. The molecule has 1 aromatic heterocycles. The van der Waals surface area contributed by atoms with Crippen LogP contribution in [0.1, 0.15) is 32.6 Å². The molecule has 0 spiro atoms. The molecule has 1 aromatic carbocycles. The average molecular weight is 525 g/mol. The van der Waals surface area contributed by atoms with Crippen molar-refractivity contribution < 1.29 is 33.4 Å². The standard InChI is InChI=1S/C22H32N5O8P/c1-13(2)17(24)19(28)35-18-15(12-33-36(31,32)25-11-14-7-5-4-6-8-14)34-20(22(18,3)30)27-10-9-16(23)26-21(27)29/h4-10,13,15,17-18,20,30H,11-12,24H2,1-3H3,(H2,23,26,29)(H2,25,31,32)/t15-,17?,18-,20?,22-/m1/s1. The Kier molecular flexibility index (Phi) is 8.67. The van der Waals surface area contributed by atoms with Gasteiger partial charge in [-0.25, -0.2) is 14.4 Å². The van der Waals surface area contributed by atoms with E-state index in [-0.39, 0.29) is 18.3 Å². The summed E-state index contributed by atoms with van der Waals surface area (Å²) in [5.41, 5.74) is 9.40. The van der Waals surface area contributed by atoms with Crippen LogP contribution in [0, 0.1) is 5.92 Å². The van der Waals surface area contributed by atoms with E-state index in [0.29, 0.717) is 0 Å². The van der Waals surface area contributed by atoms with E-state index in [2.05, 4.69) is 10.1 Å². The summed E-state index contributed by atoms with van der Waals surface area (Å²) in [7, 11) is -4.33. The predicted octanol–water partition coefficient (Wildman–Crippen LogP) is 0.276. The minimum absolute atomic E-state index is 0.0367. The summed E-state index contributed by atoms with van der Waals surface area (Å²) >= 11 is 0. The van der Waals surface area contributed by atoms with Crippen molar-refractivity contribution in [2.24, 2.45) is 11.7 Å². The van der Waals surface area contributed by atoms with E-state index in [1.807, 2.05) is 6.07 Å². The molecule has 13 nitrogen and oxygen atoms in total. The fraction of sp³-hybridized carbons (Fsp3) is 0.500. The summed E-state index contributed by atoms with van der Waals surface area (Å²) < 4.78 is 30.1. The summed E-state index contributed by atoms with van der Waals surface area (Å²) in [5.74, 6) is -1.12. The van der Waals surface area contributed by atoms with Crippen molar-refractivity contribution in [1.82, 2.24) is 14.6 Å². The van der Waals surface area contributed by atoms with Gasteiger partial charge in [0.1, 0.15) is 23.6 Å². The molecule has 0 amide bonds. The van der Waals surface area contributed by atoms with Crippen LogP contribution < -0.4 is 22.2 Å². The maximum atomic E-state index is 12.6. The molecule has 1 aliphatic rings. The number of ether oxygens (including phenoxy) is 2. The van der Waals surface area contributed by atoms with Gasteiger partial charge < -0.3 is 30.9 Å². The van der Waals surface area contributed by atoms with Gasteiger partial charge in [-0.15, -0.1) is 0 Å². The molecule has 1 aliphatic heterocycles. The van der Waals surface area contributed by atoms with Crippen LogP contribution in [0.3, 0.4) is 0 Å². The van der Waals surface area contributed by atoms with E-state index in [1.54, 1.807) is 38.1 Å². The second kappa shape index (κ2) is 11.2. The zero-order chi connectivity index (χ0) is 26.7. The number of hydrogen-bond donors (Lipinski definition) is 5. The summed E-state index contributed by atoms with van der Waals surface area (Å²) in [6.07, 6.45) is -2.75. The topological polar surface area (TPSA) is 201 Å². The quantitative estimate of drug-likeness (QED) is 0.210. The smallest absolute Gasteiger partial charge is 0.403 e. The Morgan fingerprint density at radius 1 is 1.33 bits per heavy atom. The van der Waals surface area contributed by atoms with Gasteiger partial charge in [-0.1, -0.05) is 44.2 Å². The molecular formula is C22H32N5O8P. The maximum absolute atomic E-state index is 12.6. The second-order valence-electron chi connectivity index (χ2n) is 9.06. The molecule has 3 rings (SSSR count). The van der Waals surface area contributed by atoms with Gasteiger partial charge in [0.05, 0.1) is 6.61 Å². The average Bonchev–Trinajstić information content (AvgIpc) is 3.06. The number of hydrogen-bond acceptors (Lipinski definition) is 10. The highest BCUT2D eigenvalue weighted by Crippen LogP contribution is 2.43. The van der Waals surface area contributed by atoms with Crippen LogP contribution in [0.25, 0.3) is 0 Å². The van der Waals surface area contributed by atoms with Gasteiger partial charge in [0.2, 0.25) is 0 Å². The molecule has 3 unspecified atom stereocenters. The van der Waals surface area contributed by atoms with E-state index in [4.69, 9.17) is 25.5 Å². The van der Waals surface area contributed by atoms with Gasteiger partial charge >= 0.3 is 19.4 Å². The Labute approximate surface area is 208 Å². The molecule has 0 saturated carbocycles. The molecule has 7 N–H and O–H groups in total. The zero-order valence-corrected chi connectivity index (χ0v) is 21.1. The first-order chi connectivity index (χ1) is 16.8. The maximum Gasteiger partial charge on any atom is 0.403 e. The van der Waals surface area contributed by atoms with Gasteiger partial charge in [0.25, 0.3) is 0 Å². The van der Waals surface area contributed by atoms with Crippen LogP contribution >= 0.6 is 7.75 Å². The molecule has 0 radical (unpaired) electrons. The summed E-state index contributed by atoms with van der Waals surface area (Å²) in [6.45, 7) is 4.23. The van der Waals surface area contributed by atoms with Crippen LogP contribution in [0.2, 0.25) is 0 Å². The highest BCUT2D eigenvalue weighted by molar-refractivity contribution is 7.50. The molecule has 2 heterocycles. The fourth-order valence-electron chi connectivity index (χ4n) is 3.65. The number of nitrogens with two attached hydrogens (primary N) is 2. The van der Waals surface area contributed by atoms with Crippen molar-refractivity contribution >= 4 is 19.5 Å². The van der Waals surface area contributed by atoms with Gasteiger partial charge in [0, 0.05) is 12.7 Å². The lowest BCUT2D eigenvalue weighted by molar-refractivity contribution is -0.166. The minimum atomic E-state index is -4.33. The third-order valence-electron chi connectivity index (χ3n) is 5.79. The Morgan fingerprint density at radius 3 is 2.61 bits per heavy atom. The van der Waals surface area contributed by atoms with Crippen molar-refractivity contribution in [2.75, 3.05) is 12.3 Å². The number of nitrogen functional groups attached to an aromatic ring is 1. The molecule has 6 atom stereocenters. The highest BCUT2D eigenvalue weighted by Gasteiger charge is 2.57. The third-order valence-corrected chi connectivity index (χ3v) is 6.85. The van der Waals surface area contributed by atoms with Crippen molar-refractivity contribution in [2.45, 2.75) is 57.4 Å². The summed E-state index contributed by atoms with van der Waals surface area (Å²) in [4.78, 5) is 38.9. The van der Waals surface area contributed by atoms with E-state index in [9.17, 15) is 24.2 Å². The van der Waals surface area contributed by atoms with E-state index >= 15 is 0 Å². The Morgan fingerprint density at radius 2 is 2.00 bits per heavy atom. The van der Waals surface area contributed by atoms with Crippen LogP contribution in [0.15, 0.2) is 47.4 Å². The fourth-order valence-corrected chi connectivity index (χ4v) is 4.47. The van der Waals surface area contributed by atoms with Crippen molar-refractivity contribution in [3.8, 4) is 0 Å². The molecule has 2 aromatic rings. The van der Waals surface area contributed by atoms with Gasteiger partial charge in [-0.2, -0.15) is 4.98 Å². The number of esters is 1. The van der Waals surface area contributed by atoms with Crippen LogP contribution in [-0.4, -0.2) is 56.0 Å². The third kappa shape index (κ3) is 6.56. The highest BCUT2D eigenvalue weighted by atomic mass is 31.2. The lowest BCUT2D eigenvalue weighted by Crippen LogP contribution is -2.51. The summed E-state index contributed by atoms with van der Waals surface area (Å²) in [6, 6.07) is 9.23. The zero-order valence-electron chi connectivity index (χ0n) is 20.2. The number of aliphatic hydroxyl groups is 1. The first kappa shape index (κ1) is 27.9. The largest absolute Gasteiger partial charge is 0.455 e. The number of anilines is 1. The van der Waals surface area contributed by atoms with E-state index < -0.39 is 56.1 Å². The molecule has 14 heteroatoms. The second-order valence-corrected chi connectivity index (χ2v) is 10.7. The number of carbonyl (C=O) groups is 1. The number of nitrogens with zero attached hydrogens (tertiary/aromatic N) is 2. The van der Waals surface area contributed by atoms with Crippen molar-refractivity contribution in [3.63, 3.8) is 0 Å². The van der Waals surface area contributed by atoms with Crippen LogP contribution in [0.4, 0.5) is 5.82 Å². The lowest BCUT2D eigenvalue weighted by atomic mass is 9.95. The number of carbonyl (C=O) groups excluding carboxylic acids is 1. The molecule has 0 bridgehead atoms. The molecular weight excluding hydrogens is 493 g/mol. The first-order valence-electron chi connectivity index (χ1n) is 11.3. The Bertz CT molecular complexity index is 1160. The number of aromatic nitrogens is 2. The van der Waals surface area contributed by atoms with Crippen molar-refractivity contribution in [3.05, 3.63) is 58.6 Å². The van der Waals surface area contributed by atoms with Crippen LogP contribution in [-0.2, 0) is 29.9 Å². The first-order valence-corrected chi connectivity index (χ1v) is 12.8. The Balaban J connectivity index is 1.81. The molecule has 0 aliphatic carbocycles. The van der Waals surface area contributed by atoms with Crippen LogP contribution in [0.5, 0.6) is 0 Å². The molecule has 1 saturated heterocycles. The minimum Gasteiger partial charge on any atom is -0.455 e. The van der Waals surface area contributed by atoms with Crippen molar-refractivity contribution in [1.29, 1.82) is 0 Å². The van der Waals surface area contributed by atoms with E-state index in [0.717, 1.165) is 10.1 Å².